The van der Waals surface area contributed by atoms with E-state index in [1.165, 1.54) is 35.2 Å². The number of aromatic nitrogens is 1. The van der Waals surface area contributed by atoms with Crippen molar-refractivity contribution in [2.45, 2.75) is 4.34 Å². The number of carbonyl (C=O) groups excluding carboxylic acids is 1. The Bertz CT molecular complexity index is 1070. The summed E-state index contributed by atoms with van der Waals surface area (Å²) < 4.78 is 2.44. The number of benzene rings is 2. The van der Waals surface area contributed by atoms with E-state index in [0.717, 1.165) is 9.90 Å². The van der Waals surface area contributed by atoms with Crippen LogP contribution in [0.4, 0.5) is 5.69 Å². The summed E-state index contributed by atoms with van der Waals surface area (Å²) in [5.74, 6) is -0.136. The van der Waals surface area contributed by atoms with Crippen LogP contribution in [0.5, 0.6) is 0 Å². The van der Waals surface area contributed by atoms with E-state index in [0.29, 0.717) is 21.2 Å². The normalized spacial score (nSPS) is 14.7. The quantitative estimate of drug-likeness (QED) is 0.266. The van der Waals surface area contributed by atoms with Crippen LogP contribution in [0, 0.1) is 10.1 Å². The van der Waals surface area contributed by atoms with Crippen molar-refractivity contribution in [1.82, 2.24) is 0 Å². The lowest BCUT2D eigenvalue weighted by atomic mass is 10.1. The maximum absolute atomic E-state index is 12.9. The highest BCUT2D eigenvalue weighted by atomic mass is 35.5. The number of hydrogen-bond acceptors (Lipinski definition) is 5. The van der Waals surface area contributed by atoms with Crippen molar-refractivity contribution in [3.8, 4) is 11.3 Å². The summed E-state index contributed by atoms with van der Waals surface area (Å²) in [6, 6.07) is 13.5. The van der Waals surface area contributed by atoms with Gasteiger partial charge in [0.2, 0.25) is 5.69 Å². The molecule has 0 unspecified atom stereocenters. The van der Waals surface area contributed by atoms with Crippen LogP contribution in [-0.2, 0) is 0 Å². The summed E-state index contributed by atoms with van der Waals surface area (Å²) in [6.07, 6.45) is 1.82. The molecule has 0 amide bonds. The monoisotopic (exact) mass is 401 g/mol. The fourth-order valence-electron chi connectivity index (χ4n) is 2.60. The lowest BCUT2D eigenvalue weighted by Gasteiger charge is -1.96. The standard InChI is InChI=1S/C18H10ClN2O3S2/c19-13-6-4-11(5-7-13)8-16-17(22)20-15(10-25-18(20)26-16)12-2-1-3-14(9-12)21(23)24/h1-10H/q+1. The van der Waals surface area contributed by atoms with E-state index in [1.54, 1.807) is 28.8 Å². The van der Waals surface area contributed by atoms with Crippen LogP contribution in [0.1, 0.15) is 10.4 Å². The van der Waals surface area contributed by atoms with Crippen LogP contribution in [0.2, 0.25) is 5.02 Å². The highest BCUT2D eigenvalue weighted by Gasteiger charge is 2.40. The summed E-state index contributed by atoms with van der Waals surface area (Å²) in [5, 5.41) is 13.5. The molecule has 2 heterocycles. The Morgan fingerprint density at radius 2 is 1.92 bits per heavy atom. The number of halogens is 1. The number of hydrogen-bond donors (Lipinski definition) is 0. The summed E-state index contributed by atoms with van der Waals surface area (Å²) in [5.41, 5.74) is 2.19. The van der Waals surface area contributed by atoms with E-state index in [1.807, 2.05) is 23.6 Å². The Morgan fingerprint density at radius 3 is 2.65 bits per heavy atom. The van der Waals surface area contributed by atoms with Gasteiger partial charge in [-0.05, 0) is 29.8 Å². The number of thiazole rings is 1. The second-order valence-electron chi connectivity index (χ2n) is 5.50. The number of fused-ring (bicyclic) bond motifs is 1. The van der Waals surface area contributed by atoms with Crippen molar-refractivity contribution in [2.24, 2.45) is 0 Å². The summed E-state index contributed by atoms with van der Waals surface area (Å²) in [6.45, 7) is 0. The minimum absolute atomic E-state index is 0.00178. The predicted octanol–water partition coefficient (Wildman–Crippen LogP) is 5.05. The van der Waals surface area contributed by atoms with Gasteiger partial charge in [-0.1, -0.05) is 41.1 Å². The molecule has 26 heavy (non-hydrogen) atoms. The van der Waals surface area contributed by atoms with Gasteiger partial charge in [0.15, 0.2) is 0 Å². The van der Waals surface area contributed by atoms with Crippen molar-refractivity contribution in [3.63, 3.8) is 0 Å². The molecule has 0 N–H and O–H groups in total. The average molecular weight is 402 g/mol. The first kappa shape index (κ1) is 17.0. The Labute approximate surface area is 161 Å². The maximum atomic E-state index is 12.9. The molecular formula is C18H10ClN2O3S2+. The lowest BCUT2D eigenvalue weighted by molar-refractivity contribution is -0.588. The lowest BCUT2D eigenvalue weighted by Crippen LogP contribution is -2.40. The van der Waals surface area contributed by atoms with E-state index < -0.39 is 4.92 Å². The predicted molar refractivity (Wildman–Crippen MR) is 103 cm³/mol. The van der Waals surface area contributed by atoms with Crippen LogP contribution in [0.25, 0.3) is 17.3 Å². The molecule has 8 heteroatoms. The molecule has 1 aliphatic heterocycles. The van der Waals surface area contributed by atoms with Gasteiger partial charge in [-0.15, -0.1) is 4.57 Å². The van der Waals surface area contributed by atoms with E-state index in [9.17, 15) is 14.9 Å². The maximum Gasteiger partial charge on any atom is 0.433 e. The molecule has 4 rings (SSSR count). The molecule has 0 aliphatic carbocycles. The van der Waals surface area contributed by atoms with Gasteiger partial charge in [-0.2, -0.15) is 0 Å². The number of thioether (sulfide) groups is 1. The third-order valence-electron chi connectivity index (χ3n) is 3.83. The molecule has 5 nitrogen and oxygen atoms in total. The number of nitro benzene ring substituents is 1. The van der Waals surface area contributed by atoms with Gasteiger partial charge in [0.25, 0.3) is 5.69 Å². The second kappa shape index (κ2) is 6.68. The molecule has 3 aromatic rings. The zero-order chi connectivity index (χ0) is 18.3. The molecule has 0 saturated carbocycles. The van der Waals surface area contributed by atoms with Crippen LogP contribution in [-0.4, -0.2) is 10.8 Å². The number of non-ortho nitro benzene ring substituents is 1. The Hall–Kier alpha value is -2.48. The highest BCUT2D eigenvalue weighted by molar-refractivity contribution is 8.05. The molecule has 128 valence electrons. The topological polar surface area (TPSA) is 64.1 Å². The molecule has 0 fully saturated rings. The van der Waals surface area contributed by atoms with Crippen LogP contribution >= 0.6 is 34.7 Å². The van der Waals surface area contributed by atoms with Crippen LogP contribution in [0.3, 0.4) is 0 Å². The third kappa shape index (κ3) is 3.05. The first-order chi connectivity index (χ1) is 12.5. The van der Waals surface area contributed by atoms with Crippen molar-refractivity contribution in [2.75, 3.05) is 0 Å². The van der Waals surface area contributed by atoms with E-state index in [4.69, 9.17) is 11.6 Å². The number of carbonyl (C=O) groups is 1. The molecule has 1 aromatic heterocycles. The summed E-state index contributed by atoms with van der Waals surface area (Å²) >= 11 is 8.73. The van der Waals surface area contributed by atoms with E-state index in [-0.39, 0.29) is 11.6 Å². The Balaban J connectivity index is 1.72. The van der Waals surface area contributed by atoms with Crippen molar-refractivity contribution in [1.29, 1.82) is 0 Å². The van der Waals surface area contributed by atoms with Crippen molar-refractivity contribution >= 4 is 52.4 Å². The van der Waals surface area contributed by atoms with Gasteiger partial charge in [-0.3, -0.25) is 10.1 Å². The van der Waals surface area contributed by atoms with Gasteiger partial charge in [0, 0.05) is 28.9 Å². The van der Waals surface area contributed by atoms with Gasteiger partial charge < -0.3 is 0 Å². The van der Waals surface area contributed by atoms with E-state index in [2.05, 4.69) is 0 Å². The highest BCUT2D eigenvalue weighted by Crippen LogP contribution is 2.38. The summed E-state index contributed by atoms with van der Waals surface area (Å²) in [7, 11) is 0. The molecule has 0 radical (unpaired) electrons. The fraction of sp³-hybridized carbons (Fsp3) is 0. The Morgan fingerprint density at radius 1 is 1.15 bits per heavy atom. The molecule has 2 aromatic carbocycles. The number of nitro groups is 1. The third-order valence-corrected chi connectivity index (χ3v) is 6.21. The van der Waals surface area contributed by atoms with Gasteiger partial charge in [-0.25, -0.2) is 4.79 Å². The SMILES string of the molecule is O=C1C(=Cc2ccc(Cl)cc2)Sc2scc(-c3cccc([N+](=O)[O-])c3)[n+]21. The summed E-state index contributed by atoms with van der Waals surface area (Å²) in [4.78, 5) is 24.0. The molecule has 0 bridgehead atoms. The van der Waals surface area contributed by atoms with Crippen LogP contribution in [0.15, 0.2) is 63.2 Å². The zero-order valence-electron chi connectivity index (χ0n) is 13.1. The minimum Gasteiger partial charge on any atom is -0.258 e. The molecular weight excluding hydrogens is 392 g/mol. The van der Waals surface area contributed by atoms with E-state index >= 15 is 0 Å². The molecule has 1 aliphatic rings. The molecule has 0 atom stereocenters. The average Bonchev–Trinajstić information content (AvgIpc) is 3.18. The molecule has 0 saturated heterocycles. The fourth-order valence-corrected chi connectivity index (χ4v) is 4.90. The largest absolute Gasteiger partial charge is 0.433 e. The smallest absolute Gasteiger partial charge is 0.258 e. The Kier molecular flexibility index (Phi) is 4.36. The first-order valence-electron chi connectivity index (χ1n) is 7.51. The van der Waals surface area contributed by atoms with Crippen LogP contribution < -0.4 is 4.57 Å². The number of allylic oxidation sites excluding steroid dienone is 1. The van der Waals surface area contributed by atoms with Gasteiger partial charge >= 0.3 is 10.2 Å². The van der Waals surface area contributed by atoms with Gasteiger partial charge in [0.1, 0.15) is 4.91 Å². The zero-order valence-corrected chi connectivity index (χ0v) is 15.5. The molecule has 0 spiro atoms. The van der Waals surface area contributed by atoms with Gasteiger partial charge in [0.05, 0.1) is 15.9 Å². The second-order valence-corrected chi connectivity index (χ2v) is 8.08. The van der Waals surface area contributed by atoms with Crippen molar-refractivity contribution in [3.05, 3.63) is 79.5 Å². The number of rotatable bonds is 3. The van der Waals surface area contributed by atoms with Crippen molar-refractivity contribution < 1.29 is 14.3 Å². The minimum atomic E-state index is -0.441. The first-order valence-corrected chi connectivity index (χ1v) is 9.58. The number of nitrogens with zero attached hydrogens (tertiary/aromatic N) is 2.